The summed E-state index contributed by atoms with van der Waals surface area (Å²) in [5.41, 5.74) is 3.83. The number of fused-ring (bicyclic) bond motifs is 5. The maximum absolute atomic E-state index is 13.8. The fraction of sp³-hybridized carbons (Fsp3) is 0.348. The van der Waals surface area contributed by atoms with Crippen LogP contribution in [0.15, 0.2) is 36.0 Å². The van der Waals surface area contributed by atoms with Gasteiger partial charge in [0.2, 0.25) is 0 Å². The SMILES string of the molecule is O=C(O)[C@H]1C2CCC(CC2)C1Nc1cc(-c2c[nH]c3ncc(F)cc23)nc2ccsc12. The first-order chi connectivity index (χ1) is 15.1. The normalized spacial score (nSPS) is 25.3. The van der Waals surface area contributed by atoms with E-state index < -0.39 is 11.8 Å². The zero-order valence-electron chi connectivity index (χ0n) is 16.6. The van der Waals surface area contributed by atoms with E-state index in [1.54, 1.807) is 17.5 Å². The summed E-state index contributed by atoms with van der Waals surface area (Å²) in [6, 6.07) is 5.30. The molecule has 4 aromatic rings. The molecule has 31 heavy (non-hydrogen) atoms. The molecule has 2 bridgehead atoms. The maximum atomic E-state index is 13.8. The second kappa shape index (κ2) is 7.02. The van der Waals surface area contributed by atoms with Gasteiger partial charge in [-0.15, -0.1) is 11.3 Å². The highest BCUT2D eigenvalue weighted by atomic mass is 32.1. The summed E-state index contributed by atoms with van der Waals surface area (Å²) in [4.78, 5) is 24.1. The highest BCUT2D eigenvalue weighted by Crippen LogP contribution is 2.47. The lowest BCUT2D eigenvalue weighted by molar-refractivity contribution is -0.148. The number of aromatic amines is 1. The molecule has 4 heterocycles. The first-order valence-corrected chi connectivity index (χ1v) is 11.5. The summed E-state index contributed by atoms with van der Waals surface area (Å²) >= 11 is 1.59. The second-order valence-corrected chi connectivity index (χ2v) is 9.57. The fourth-order valence-corrected chi connectivity index (χ4v) is 6.40. The van der Waals surface area contributed by atoms with Crippen LogP contribution in [-0.4, -0.2) is 32.1 Å². The van der Waals surface area contributed by atoms with Crippen LogP contribution in [0.1, 0.15) is 25.7 Å². The van der Waals surface area contributed by atoms with Crippen LogP contribution in [0.5, 0.6) is 0 Å². The first kappa shape index (κ1) is 18.7. The monoisotopic (exact) mass is 436 g/mol. The summed E-state index contributed by atoms with van der Waals surface area (Å²) < 4.78 is 14.9. The number of carboxylic acid groups (broad SMARTS) is 1. The molecule has 0 radical (unpaired) electrons. The van der Waals surface area contributed by atoms with E-state index >= 15 is 0 Å². The van der Waals surface area contributed by atoms with Gasteiger partial charge in [-0.1, -0.05) is 0 Å². The van der Waals surface area contributed by atoms with Gasteiger partial charge in [-0.3, -0.25) is 4.79 Å². The molecule has 8 heteroatoms. The average molecular weight is 437 g/mol. The van der Waals surface area contributed by atoms with Gasteiger partial charge in [-0.2, -0.15) is 0 Å². The molecule has 0 aliphatic heterocycles. The number of halogens is 1. The number of nitrogens with one attached hydrogen (secondary N) is 2. The highest BCUT2D eigenvalue weighted by Gasteiger charge is 2.47. The highest BCUT2D eigenvalue weighted by molar-refractivity contribution is 7.17. The van der Waals surface area contributed by atoms with Gasteiger partial charge in [0.25, 0.3) is 0 Å². The number of anilines is 1. The third kappa shape index (κ3) is 3.00. The molecular weight excluding hydrogens is 415 g/mol. The van der Waals surface area contributed by atoms with Gasteiger partial charge in [0.15, 0.2) is 0 Å². The molecule has 3 fully saturated rings. The Kier molecular flexibility index (Phi) is 4.24. The number of hydrogen-bond donors (Lipinski definition) is 3. The number of thiophene rings is 1. The molecule has 0 spiro atoms. The van der Waals surface area contributed by atoms with E-state index in [0.29, 0.717) is 22.6 Å². The van der Waals surface area contributed by atoms with Gasteiger partial charge in [0.1, 0.15) is 11.5 Å². The van der Waals surface area contributed by atoms with Crippen molar-refractivity contribution >= 4 is 44.2 Å². The smallest absolute Gasteiger partial charge is 0.308 e. The zero-order valence-corrected chi connectivity index (χ0v) is 17.5. The molecule has 3 saturated carbocycles. The van der Waals surface area contributed by atoms with E-state index in [0.717, 1.165) is 47.2 Å². The van der Waals surface area contributed by atoms with Crippen LogP contribution in [0.2, 0.25) is 0 Å². The topological polar surface area (TPSA) is 90.9 Å². The van der Waals surface area contributed by atoms with Crippen molar-refractivity contribution in [2.75, 3.05) is 5.32 Å². The van der Waals surface area contributed by atoms with Crippen molar-refractivity contribution in [1.29, 1.82) is 0 Å². The van der Waals surface area contributed by atoms with Crippen LogP contribution in [-0.2, 0) is 4.79 Å². The van der Waals surface area contributed by atoms with Gasteiger partial charge >= 0.3 is 5.97 Å². The Morgan fingerprint density at radius 3 is 2.84 bits per heavy atom. The predicted octanol–water partition coefficient (Wildman–Crippen LogP) is 5.28. The molecule has 1 unspecified atom stereocenters. The van der Waals surface area contributed by atoms with Crippen molar-refractivity contribution in [3.63, 3.8) is 0 Å². The maximum Gasteiger partial charge on any atom is 0.308 e. The van der Waals surface area contributed by atoms with E-state index in [1.807, 2.05) is 17.5 Å². The summed E-state index contributed by atoms with van der Waals surface area (Å²) in [5, 5.41) is 16.2. The number of carbonyl (C=O) groups is 1. The van der Waals surface area contributed by atoms with Crippen molar-refractivity contribution in [3.05, 3.63) is 41.8 Å². The Morgan fingerprint density at radius 2 is 2.03 bits per heavy atom. The molecule has 7 rings (SSSR count). The molecule has 3 aliphatic carbocycles. The number of carboxylic acids is 1. The van der Waals surface area contributed by atoms with Crippen LogP contribution in [0.4, 0.5) is 10.1 Å². The van der Waals surface area contributed by atoms with E-state index in [1.165, 1.54) is 12.3 Å². The molecule has 3 aliphatic rings. The molecule has 4 aromatic heterocycles. The number of hydrogen-bond acceptors (Lipinski definition) is 5. The largest absolute Gasteiger partial charge is 0.481 e. The molecule has 6 nitrogen and oxygen atoms in total. The molecular formula is C23H21FN4O2S. The molecule has 0 amide bonds. The molecule has 0 aromatic carbocycles. The number of aliphatic carboxylic acids is 1. The zero-order chi connectivity index (χ0) is 21.1. The van der Waals surface area contributed by atoms with Crippen molar-refractivity contribution in [2.45, 2.75) is 31.7 Å². The summed E-state index contributed by atoms with van der Waals surface area (Å²) in [5.74, 6) is -0.870. The van der Waals surface area contributed by atoms with Crippen LogP contribution < -0.4 is 5.32 Å². The van der Waals surface area contributed by atoms with Crippen LogP contribution in [0.3, 0.4) is 0 Å². The minimum Gasteiger partial charge on any atom is -0.481 e. The summed E-state index contributed by atoms with van der Waals surface area (Å²) in [6.07, 6.45) is 7.14. The quantitative estimate of drug-likeness (QED) is 0.405. The number of rotatable bonds is 4. The summed E-state index contributed by atoms with van der Waals surface area (Å²) in [6.45, 7) is 0. The van der Waals surface area contributed by atoms with Gasteiger partial charge in [-0.25, -0.2) is 14.4 Å². The fourth-order valence-electron chi connectivity index (χ4n) is 5.58. The number of pyridine rings is 2. The van der Waals surface area contributed by atoms with E-state index in [2.05, 4.69) is 15.3 Å². The Morgan fingerprint density at radius 1 is 1.23 bits per heavy atom. The van der Waals surface area contributed by atoms with E-state index in [4.69, 9.17) is 4.98 Å². The number of aromatic nitrogens is 3. The average Bonchev–Trinajstić information content (AvgIpc) is 3.41. The third-order valence-electron chi connectivity index (χ3n) is 7.01. The van der Waals surface area contributed by atoms with Crippen molar-refractivity contribution in [1.82, 2.24) is 15.0 Å². The second-order valence-electron chi connectivity index (χ2n) is 8.65. The van der Waals surface area contributed by atoms with Gasteiger partial charge in [0.05, 0.1) is 33.7 Å². The van der Waals surface area contributed by atoms with Crippen LogP contribution in [0.25, 0.3) is 32.5 Å². The number of nitrogens with zero attached hydrogens (tertiary/aromatic N) is 2. The lowest BCUT2D eigenvalue weighted by Crippen LogP contribution is -2.51. The standard InChI is InChI=1S/C23H21FN4O2S/c24-13-7-14-15(10-26-22(14)25-9-13)17-8-18(21-16(27-17)5-6-31-21)28-20-12-3-1-11(2-4-12)19(20)23(29)30/h5-12,19-20H,1-4H2,(H,25,26)(H,27,28)(H,29,30)/t11?,12?,19-,20?/m0/s1. The summed E-state index contributed by atoms with van der Waals surface area (Å²) in [7, 11) is 0. The van der Waals surface area contributed by atoms with Crippen molar-refractivity contribution < 1.29 is 14.3 Å². The molecule has 0 saturated heterocycles. The van der Waals surface area contributed by atoms with Gasteiger partial charge < -0.3 is 15.4 Å². The Bertz CT molecular complexity index is 1310. The minimum atomic E-state index is -0.707. The molecule has 3 N–H and O–H groups in total. The molecule has 2 atom stereocenters. The van der Waals surface area contributed by atoms with Crippen molar-refractivity contribution in [2.24, 2.45) is 17.8 Å². The Hall–Kier alpha value is -3.00. The van der Waals surface area contributed by atoms with Crippen LogP contribution in [0, 0.1) is 23.6 Å². The third-order valence-corrected chi connectivity index (χ3v) is 7.95. The Balaban J connectivity index is 1.46. The lowest BCUT2D eigenvalue weighted by Gasteiger charge is -2.47. The van der Waals surface area contributed by atoms with Gasteiger partial charge in [-0.05, 0) is 61.1 Å². The van der Waals surface area contributed by atoms with Crippen LogP contribution >= 0.6 is 11.3 Å². The van der Waals surface area contributed by atoms with Gasteiger partial charge in [0, 0.05) is 23.2 Å². The Labute approximate surface area is 181 Å². The predicted molar refractivity (Wildman–Crippen MR) is 119 cm³/mol. The van der Waals surface area contributed by atoms with E-state index in [9.17, 15) is 14.3 Å². The van der Waals surface area contributed by atoms with Crippen molar-refractivity contribution in [3.8, 4) is 11.3 Å². The molecule has 158 valence electrons. The minimum absolute atomic E-state index is 0.0902. The van der Waals surface area contributed by atoms with E-state index in [-0.39, 0.29) is 17.9 Å². The number of H-pyrrole nitrogens is 1. The first-order valence-electron chi connectivity index (χ1n) is 10.6. The lowest BCUT2D eigenvalue weighted by atomic mass is 9.61.